The SMILES string of the molecule is CCC.[1SeH2]. The van der Waals surface area contributed by atoms with Gasteiger partial charge in [0.05, 0.1) is 0 Å². The molecule has 0 saturated heterocycles. The van der Waals surface area contributed by atoms with Crippen LogP contribution in [0, 0.1) is 0 Å². The molecule has 0 aliphatic heterocycles. The van der Waals surface area contributed by atoms with Gasteiger partial charge in [0.15, 0.2) is 0 Å². The monoisotopic (exact) mass is 47.1 g/mol. The zero-order valence-electron chi connectivity index (χ0n) is 3.21. The molecule has 0 rings (SSSR count). The van der Waals surface area contributed by atoms with E-state index < -0.39 is 0 Å². The molecule has 0 radical (unpaired) electrons. The van der Waals surface area contributed by atoms with E-state index in [0.29, 0.717) is 0 Å². The molecule has 1 heteroatoms. The molecule has 0 bridgehead atoms. The van der Waals surface area contributed by atoms with Crippen molar-refractivity contribution in [3.05, 3.63) is 0 Å². The van der Waals surface area contributed by atoms with Crippen molar-refractivity contribution < 1.29 is 0 Å². The second-order valence-corrected chi connectivity index (χ2v) is 0.707. The molecule has 0 aromatic rings. The van der Waals surface area contributed by atoms with Crippen LogP contribution in [0.5, 0.6) is 0 Å². The van der Waals surface area contributed by atoms with E-state index in [1.165, 1.54) is 6.42 Å². The standard InChI is InChI=1S/C3H8.H2Se/c1-3-2;/h3H2,1-2H3;1H2/i;1-78. The Morgan fingerprint density at radius 1 is 1.25 bits per heavy atom. The van der Waals surface area contributed by atoms with Crippen molar-refractivity contribution in [2.75, 3.05) is 0 Å². The van der Waals surface area contributed by atoms with Crippen molar-refractivity contribution in [3.63, 3.8) is 0 Å². The van der Waals surface area contributed by atoms with E-state index in [1.54, 1.807) is 0 Å². The first-order valence-corrected chi connectivity index (χ1v) is 1.41. The van der Waals surface area contributed by atoms with Gasteiger partial charge in [-0.2, -0.15) is 0 Å². The molecule has 0 aliphatic rings. The summed E-state index contributed by atoms with van der Waals surface area (Å²) in [5, 5.41) is 0. The van der Waals surface area contributed by atoms with E-state index in [1.807, 2.05) is 0 Å². The van der Waals surface area contributed by atoms with Crippen molar-refractivity contribution in [2.24, 2.45) is 0 Å². The van der Waals surface area contributed by atoms with Crippen LogP contribution in [-0.4, -0.2) is 17.1 Å². The van der Waals surface area contributed by atoms with Gasteiger partial charge in [0.25, 0.3) is 0 Å². The van der Waals surface area contributed by atoms with E-state index in [9.17, 15) is 0 Å². The maximum atomic E-state index is 2.12. The Balaban J connectivity index is 0. The quantitative estimate of drug-likeness (QED) is 0.349. The molecule has 0 unspecified atom stereocenters. The molecular formula is C3H10Se. The summed E-state index contributed by atoms with van der Waals surface area (Å²) in [6.07, 6.45) is 1.25. The number of hydrogen-bond acceptors (Lipinski definition) is 0. The Labute approximate surface area is 38.1 Å². The second kappa shape index (κ2) is 9.68. The normalized spacial score (nSPS) is 4.50. The molecule has 0 saturated carbocycles. The fraction of sp³-hybridized carbons (Fsp3) is 1.00. The average molecular weight is 47.1 g/mol. The molecule has 0 amide bonds. The van der Waals surface area contributed by atoms with Crippen molar-refractivity contribution in [1.29, 1.82) is 0 Å². The fourth-order valence-corrected chi connectivity index (χ4v) is 0. The van der Waals surface area contributed by atoms with Gasteiger partial charge in [0.2, 0.25) is 0 Å². The predicted molar refractivity (Wildman–Crippen MR) is 24.5 cm³/mol. The molecule has 0 spiro atoms. The minimum absolute atomic E-state index is 0. The molecular weight excluding hydrogens is 37.0 g/mol. The van der Waals surface area contributed by atoms with E-state index in [4.69, 9.17) is 0 Å². The van der Waals surface area contributed by atoms with E-state index >= 15 is 0 Å². The van der Waals surface area contributed by atoms with Crippen molar-refractivity contribution in [1.82, 2.24) is 0 Å². The van der Waals surface area contributed by atoms with Gasteiger partial charge in [-0.1, -0.05) is 20.3 Å². The van der Waals surface area contributed by atoms with E-state index in [2.05, 4.69) is 13.8 Å². The van der Waals surface area contributed by atoms with Crippen LogP contribution in [0.2, 0.25) is 0 Å². The molecule has 28 valence electrons. The van der Waals surface area contributed by atoms with Gasteiger partial charge >= 0.3 is 17.1 Å². The summed E-state index contributed by atoms with van der Waals surface area (Å²) in [7, 11) is 0. The fourth-order valence-electron chi connectivity index (χ4n) is 0. The summed E-state index contributed by atoms with van der Waals surface area (Å²) in [5.41, 5.74) is 0. The summed E-state index contributed by atoms with van der Waals surface area (Å²) in [5.74, 6) is 0. The van der Waals surface area contributed by atoms with Crippen LogP contribution < -0.4 is 0 Å². The first-order chi connectivity index (χ1) is 1.41. The van der Waals surface area contributed by atoms with Crippen molar-refractivity contribution in [2.45, 2.75) is 20.3 Å². The van der Waals surface area contributed by atoms with Gasteiger partial charge in [0.1, 0.15) is 0 Å². The molecule has 4 heavy (non-hydrogen) atoms. The van der Waals surface area contributed by atoms with E-state index in [-0.39, 0.29) is 17.1 Å². The third-order valence-electron chi connectivity index (χ3n) is 0. The summed E-state index contributed by atoms with van der Waals surface area (Å²) in [4.78, 5) is 0. The third kappa shape index (κ3) is 21.6. The molecule has 0 heterocycles. The summed E-state index contributed by atoms with van der Waals surface area (Å²) in [6.45, 7) is 4.25. The average Bonchev–Trinajstić information content (AvgIpc) is 0.918. The molecule has 0 aliphatic carbocycles. The molecule has 0 nitrogen and oxygen atoms in total. The van der Waals surface area contributed by atoms with Crippen LogP contribution in [0.15, 0.2) is 0 Å². The van der Waals surface area contributed by atoms with Crippen LogP contribution >= 0.6 is 0 Å². The Morgan fingerprint density at radius 3 is 1.25 bits per heavy atom. The molecule has 0 aromatic carbocycles. The molecule has 0 atom stereocenters. The Kier molecular flexibility index (Phi) is 21.3. The minimum atomic E-state index is 0. The maximum absolute atomic E-state index is 2.12. The van der Waals surface area contributed by atoms with Crippen LogP contribution in [0.25, 0.3) is 0 Å². The molecule has 0 fully saturated rings. The first kappa shape index (κ1) is 8.82. The van der Waals surface area contributed by atoms with Crippen LogP contribution in [0.3, 0.4) is 0 Å². The van der Waals surface area contributed by atoms with Crippen LogP contribution in [0.4, 0.5) is 0 Å². The zero-order valence-corrected chi connectivity index (χ0v) is 5.31. The third-order valence-corrected chi connectivity index (χ3v) is 0. The Bertz CT molecular complexity index is 3.25. The van der Waals surface area contributed by atoms with Crippen LogP contribution in [0.1, 0.15) is 20.3 Å². The first-order valence-electron chi connectivity index (χ1n) is 1.41. The second-order valence-electron chi connectivity index (χ2n) is 0.707. The van der Waals surface area contributed by atoms with Crippen molar-refractivity contribution in [3.8, 4) is 0 Å². The Hall–Kier alpha value is 0.519. The number of hydrogen-bond donors (Lipinski definition) is 0. The van der Waals surface area contributed by atoms with Gasteiger partial charge in [-0.15, -0.1) is 0 Å². The van der Waals surface area contributed by atoms with Gasteiger partial charge in [0, 0.05) is 0 Å². The van der Waals surface area contributed by atoms with E-state index in [0.717, 1.165) is 0 Å². The molecule has 0 N–H and O–H groups in total. The van der Waals surface area contributed by atoms with Gasteiger partial charge in [-0.05, 0) is 0 Å². The number of rotatable bonds is 0. The van der Waals surface area contributed by atoms with Gasteiger partial charge in [-0.3, -0.25) is 0 Å². The Morgan fingerprint density at radius 2 is 1.25 bits per heavy atom. The predicted octanol–water partition coefficient (Wildman–Crippen LogP) is 0.500. The molecule has 0 aromatic heterocycles. The topological polar surface area (TPSA) is 0 Å². The zero-order chi connectivity index (χ0) is 2.71. The van der Waals surface area contributed by atoms with Crippen molar-refractivity contribution >= 4 is 17.1 Å². The summed E-state index contributed by atoms with van der Waals surface area (Å²) >= 11 is 0. The van der Waals surface area contributed by atoms with Gasteiger partial charge in [-0.25, -0.2) is 0 Å². The van der Waals surface area contributed by atoms with Crippen LogP contribution in [-0.2, 0) is 0 Å². The summed E-state index contributed by atoms with van der Waals surface area (Å²) in [6, 6.07) is 0. The van der Waals surface area contributed by atoms with Gasteiger partial charge < -0.3 is 0 Å². The summed E-state index contributed by atoms with van der Waals surface area (Å²) < 4.78 is 0.